The zero-order chi connectivity index (χ0) is 29.1. The third-order valence-corrected chi connectivity index (χ3v) is 7.47. The lowest BCUT2D eigenvalue weighted by molar-refractivity contribution is -2.00. The molecule has 0 aliphatic rings. The van der Waals surface area contributed by atoms with Crippen LogP contribution in [-0.4, -0.2) is 4.92 Å². The average molecular weight is 582 g/mol. The highest BCUT2D eigenvalue weighted by molar-refractivity contribution is 7.18. The van der Waals surface area contributed by atoms with Crippen molar-refractivity contribution in [1.29, 1.82) is 0 Å². The lowest BCUT2D eigenvalue weighted by atomic mass is 10.00. The number of unbranched alkanes of at least 4 members (excludes halogenated alkanes) is 2. The van der Waals surface area contributed by atoms with Gasteiger partial charge in [0.05, 0.1) is 4.92 Å². The van der Waals surface area contributed by atoms with Crippen molar-refractivity contribution in [1.82, 2.24) is 0 Å². The second kappa shape index (κ2) is 14.9. The molecule has 0 aliphatic heterocycles. The molecular formula is C31H32ClNO6S. The van der Waals surface area contributed by atoms with Gasteiger partial charge >= 0.3 is 0 Å². The lowest BCUT2D eigenvalue weighted by Gasteiger charge is -2.17. The molecule has 0 aliphatic carbocycles. The van der Waals surface area contributed by atoms with Crippen molar-refractivity contribution in [2.45, 2.75) is 52.4 Å². The molecule has 4 rings (SSSR count). The number of nitrogens with zero attached hydrogens (tertiary/aromatic N) is 1. The van der Waals surface area contributed by atoms with Crippen molar-refractivity contribution in [3.63, 3.8) is 0 Å². The van der Waals surface area contributed by atoms with E-state index in [0.717, 1.165) is 28.8 Å². The van der Waals surface area contributed by atoms with E-state index in [1.807, 2.05) is 12.1 Å². The summed E-state index contributed by atoms with van der Waals surface area (Å²) in [5, 5.41) is 11.1. The third kappa shape index (κ3) is 10.1. The Kier molecular flexibility index (Phi) is 11.7. The first-order chi connectivity index (χ1) is 19.1. The van der Waals surface area contributed by atoms with E-state index >= 15 is 0 Å². The van der Waals surface area contributed by atoms with Crippen LogP contribution < -0.4 is 18.6 Å². The van der Waals surface area contributed by atoms with Crippen molar-refractivity contribution in [2.24, 2.45) is 0 Å². The van der Waals surface area contributed by atoms with Crippen LogP contribution in [0.1, 0.15) is 50.7 Å². The molecular weight excluding hydrogens is 550 g/mol. The third-order valence-electron chi connectivity index (χ3n) is 6.32. The summed E-state index contributed by atoms with van der Waals surface area (Å²) in [6.45, 7) is 4.44. The summed E-state index contributed by atoms with van der Waals surface area (Å²) >= 11 is 1.72. The van der Waals surface area contributed by atoms with Gasteiger partial charge in [0.25, 0.3) is 5.69 Å². The van der Waals surface area contributed by atoms with Crippen LogP contribution in [-0.2, 0) is 12.8 Å². The fourth-order valence-electron chi connectivity index (χ4n) is 4.16. The smallest absolute Gasteiger partial charge is 0.258 e. The quantitative estimate of drug-likeness (QED) is 0.149. The van der Waals surface area contributed by atoms with E-state index in [2.05, 4.69) is 74.5 Å². The van der Waals surface area contributed by atoms with Gasteiger partial charge in [0.1, 0.15) is 0 Å². The highest BCUT2D eigenvalue weighted by Gasteiger charge is 2.20. The molecule has 0 saturated heterocycles. The molecule has 9 heteroatoms. The molecule has 0 saturated carbocycles. The summed E-state index contributed by atoms with van der Waals surface area (Å²) in [5.41, 5.74) is 7.37. The van der Waals surface area contributed by atoms with Gasteiger partial charge in [0.15, 0.2) is 0 Å². The summed E-state index contributed by atoms with van der Waals surface area (Å²) in [6.07, 6.45) is 7.02. The minimum Gasteiger partial charge on any atom is -0.258 e. The number of aryl methyl sites for hydroxylation is 2. The van der Waals surface area contributed by atoms with Crippen molar-refractivity contribution in [3.05, 3.63) is 106 Å². The van der Waals surface area contributed by atoms with Crippen LogP contribution in [0.3, 0.4) is 0 Å². The van der Waals surface area contributed by atoms with Gasteiger partial charge < -0.3 is 0 Å². The van der Waals surface area contributed by atoms with Gasteiger partial charge in [-0.05, 0) is 72.2 Å². The lowest BCUT2D eigenvalue weighted by Crippen LogP contribution is -2.68. The predicted molar refractivity (Wildman–Crippen MR) is 149 cm³/mol. The van der Waals surface area contributed by atoms with Crippen LogP contribution in [0.4, 0.5) is 5.69 Å². The van der Waals surface area contributed by atoms with E-state index in [-0.39, 0.29) is 10.6 Å². The van der Waals surface area contributed by atoms with E-state index in [4.69, 9.17) is 18.6 Å². The number of non-ortho nitro benzene ring substituents is 1. The van der Waals surface area contributed by atoms with Crippen LogP contribution in [0.2, 0.25) is 0 Å². The minimum atomic E-state index is -4.94. The van der Waals surface area contributed by atoms with Gasteiger partial charge in [-0.25, -0.2) is 18.6 Å². The number of hydrogen-bond donors (Lipinski definition) is 0. The Morgan fingerprint density at radius 1 is 0.625 bits per heavy atom. The van der Waals surface area contributed by atoms with Crippen LogP contribution in [0.15, 0.2) is 84.9 Å². The first-order valence-corrected chi connectivity index (χ1v) is 15.2. The van der Waals surface area contributed by atoms with Crippen LogP contribution in [0, 0.1) is 20.4 Å². The molecule has 7 nitrogen and oxygen atoms in total. The normalized spacial score (nSPS) is 11.1. The monoisotopic (exact) mass is 581 g/mol. The Bertz CT molecular complexity index is 1300. The maximum absolute atomic E-state index is 11.1. The fourth-order valence-corrected chi connectivity index (χ4v) is 5.28. The Morgan fingerprint density at radius 2 is 1.00 bits per heavy atom. The standard InChI is InChI=1S/C31H32NO2S.ClHO4/c1-3-5-7-23-9-13-25(14-10-23)28-21-30(26-15-11-24(12-16-26)8-6-4-2)35-31(22-28)27-17-19-29(20-18-27)32(33)34;2-1(3,4)5/h9-22H,3-8H2,1-2H3;(H,2,3,4,5)/q+1;/p-1. The molecule has 0 unspecified atom stereocenters. The van der Waals surface area contributed by atoms with Crippen LogP contribution >= 0.6 is 11.3 Å². The van der Waals surface area contributed by atoms with Crippen molar-refractivity contribution < 1.29 is 33.8 Å². The molecule has 0 fully saturated rings. The number of benzene rings is 3. The fraction of sp³-hybridized carbons (Fsp3) is 0.258. The molecule has 4 aromatic rings. The predicted octanol–water partition coefficient (Wildman–Crippen LogP) is 4.87. The Labute approximate surface area is 240 Å². The molecule has 0 N–H and O–H groups in total. The molecule has 3 aromatic carbocycles. The van der Waals surface area contributed by atoms with E-state index < -0.39 is 10.2 Å². The molecule has 0 amide bonds. The number of halogens is 1. The van der Waals surface area contributed by atoms with Gasteiger partial charge in [-0.15, -0.1) is 10.2 Å². The number of nitro groups is 1. The van der Waals surface area contributed by atoms with Gasteiger partial charge in [-0.1, -0.05) is 63.1 Å². The molecule has 1 aromatic heterocycles. The highest BCUT2D eigenvalue weighted by Crippen LogP contribution is 2.38. The van der Waals surface area contributed by atoms with E-state index in [0.29, 0.717) is 0 Å². The average Bonchev–Trinajstić information content (AvgIpc) is 2.94. The van der Waals surface area contributed by atoms with Gasteiger partial charge in [-0.2, -0.15) is 0 Å². The second-order valence-corrected chi connectivity index (χ2v) is 11.2. The Balaban J connectivity index is 0.000000810. The van der Waals surface area contributed by atoms with E-state index in [9.17, 15) is 10.1 Å². The first-order valence-electron chi connectivity index (χ1n) is 13.1. The maximum Gasteiger partial charge on any atom is 0.269 e. The topological polar surface area (TPSA) is 135 Å². The summed E-state index contributed by atoms with van der Waals surface area (Å²) in [7, 11) is -4.94. The van der Waals surface area contributed by atoms with E-state index in [1.165, 1.54) is 52.8 Å². The van der Waals surface area contributed by atoms with Gasteiger partial charge in [-0.3, -0.25) is 10.1 Å². The molecule has 0 spiro atoms. The van der Waals surface area contributed by atoms with Gasteiger partial charge in [0.2, 0.25) is 21.1 Å². The highest BCUT2D eigenvalue weighted by atomic mass is 35.7. The maximum atomic E-state index is 11.1. The molecule has 0 atom stereocenters. The van der Waals surface area contributed by atoms with Crippen molar-refractivity contribution in [2.75, 3.05) is 0 Å². The Morgan fingerprint density at radius 3 is 1.38 bits per heavy atom. The molecule has 1 heterocycles. The number of rotatable bonds is 10. The van der Waals surface area contributed by atoms with E-state index in [1.54, 1.807) is 23.5 Å². The molecule has 0 radical (unpaired) electrons. The van der Waals surface area contributed by atoms with Crippen molar-refractivity contribution in [3.8, 4) is 32.0 Å². The Hall–Kier alpha value is -3.24. The molecule has 40 heavy (non-hydrogen) atoms. The van der Waals surface area contributed by atoms with Crippen LogP contribution in [0.5, 0.6) is 0 Å². The second-order valence-electron chi connectivity index (χ2n) is 9.36. The zero-order valence-electron chi connectivity index (χ0n) is 22.5. The first kappa shape index (κ1) is 31.3. The van der Waals surface area contributed by atoms with Gasteiger partial charge in [0, 0.05) is 35.4 Å². The summed E-state index contributed by atoms with van der Waals surface area (Å²) in [5.74, 6) is 0. The number of hydrogen-bond acceptors (Lipinski definition) is 6. The molecule has 0 bridgehead atoms. The summed E-state index contributed by atoms with van der Waals surface area (Å²) in [4.78, 5) is 13.1. The zero-order valence-corrected chi connectivity index (χ0v) is 24.1. The largest absolute Gasteiger partial charge is 0.269 e. The minimum absolute atomic E-state index is 0.112. The van der Waals surface area contributed by atoms with Crippen molar-refractivity contribution >= 4 is 17.0 Å². The molecule has 210 valence electrons. The SMILES string of the molecule is CCCCc1ccc(-c2cc(-c3ccc(CCCC)cc3)[s+]c(-c3ccc([N+](=O)[O-])cc3)c2)cc1.[O-][Cl+3]([O-])([O-])[O-]. The summed E-state index contributed by atoms with van der Waals surface area (Å²) < 4.78 is 34.0. The van der Waals surface area contributed by atoms with Crippen LogP contribution in [0.25, 0.3) is 32.0 Å². The number of nitro benzene ring substituents is 1. The summed E-state index contributed by atoms with van der Waals surface area (Å²) in [6, 6.07) is 29.1.